The minimum Gasteiger partial charge on any atom is -0.444 e. The zero-order chi connectivity index (χ0) is 23.6. The van der Waals surface area contributed by atoms with Crippen molar-refractivity contribution in [2.75, 3.05) is 19.8 Å². The van der Waals surface area contributed by atoms with E-state index < -0.39 is 13.9 Å². The lowest BCUT2D eigenvalue weighted by atomic mass is 9.90. The van der Waals surface area contributed by atoms with E-state index >= 15 is 0 Å². The van der Waals surface area contributed by atoms with Gasteiger partial charge in [-0.3, -0.25) is 0 Å². The lowest BCUT2D eigenvalue weighted by Gasteiger charge is -2.50. The molecule has 1 fully saturated rings. The first kappa shape index (κ1) is 24.5. The smallest absolute Gasteiger partial charge is 0.410 e. The third-order valence-electron chi connectivity index (χ3n) is 6.13. The summed E-state index contributed by atoms with van der Waals surface area (Å²) in [4.78, 5) is 14.5. The Morgan fingerprint density at radius 1 is 0.969 bits per heavy atom. The molecule has 0 unspecified atom stereocenters. The van der Waals surface area contributed by atoms with Crippen LogP contribution in [0.5, 0.6) is 0 Å². The highest BCUT2D eigenvalue weighted by atomic mass is 28.4. The topological polar surface area (TPSA) is 59.0 Å². The number of benzene rings is 2. The molecule has 32 heavy (non-hydrogen) atoms. The van der Waals surface area contributed by atoms with Crippen LogP contribution in [0.25, 0.3) is 0 Å². The molecule has 1 saturated heterocycles. The third-order valence-corrected chi connectivity index (χ3v) is 11.1. The summed E-state index contributed by atoms with van der Waals surface area (Å²) in [7, 11) is -2.71. The van der Waals surface area contributed by atoms with Gasteiger partial charge in [0.05, 0.1) is 12.6 Å². The number of ether oxygens (including phenoxy) is 1. The van der Waals surface area contributed by atoms with Crippen molar-refractivity contribution in [3.8, 4) is 0 Å². The second kappa shape index (κ2) is 9.38. The Balaban J connectivity index is 1.96. The van der Waals surface area contributed by atoms with Crippen molar-refractivity contribution in [3.63, 3.8) is 0 Å². The summed E-state index contributed by atoms with van der Waals surface area (Å²) in [6.07, 6.45) is -0.349. The molecule has 174 valence electrons. The van der Waals surface area contributed by atoms with Gasteiger partial charge in [-0.1, -0.05) is 81.4 Å². The summed E-state index contributed by atoms with van der Waals surface area (Å²) >= 11 is 0. The Bertz CT molecular complexity index is 850. The molecule has 5 nitrogen and oxygen atoms in total. The average molecular weight is 456 g/mol. The first-order valence-electron chi connectivity index (χ1n) is 11.3. The minimum absolute atomic E-state index is 0.0132. The van der Waals surface area contributed by atoms with Gasteiger partial charge in [0.25, 0.3) is 8.32 Å². The molecule has 0 radical (unpaired) electrons. The first-order chi connectivity index (χ1) is 15.0. The highest BCUT2D eigenvalue weighted by molar-refractivity contribution is 6.99. The number of nitrogens with zero attached hydrogens (tertiary/aromatic N) is 1. The summed E-state index contributed by atoms with van der Waals surface area (Å²) in [5, 5.41) is 12.1. The van der Waals surface area contributed by atoms with Crippen LogP contribution in [0.3, 0.4) is 0 Å². The van der Waals surface area contributed by atoms with Crippen LogP contribution in [0.4, 0.5) is 4.79 Å². The SMILES string of the molecule is CC(C)(C)OC(=O)N1C[C@@H](CO)[C@H]1CO[Si](c1ccccc1)(c1ccccc1)C(C)(C)C. The number of amides is 1. The average Bonchev–Trinajstić information content (AvgIpc) is 2.70. The van der Waals surface area contributed by atoms with Crippen molar-refractivity contribution in [1.29, 1.82) is 0 Å². The van der Waals surface area contributed by atoms with E-state index in [1.807, 2.05) is 32.9 Å². The number of likely N-dealkylation sites (tertiary alicyclic amines) is 1. The number of carbonyl (C=O) groups is 1. The first-order valence-corrected chi connectivity index (χ1v) is 13.3. The van der Waals surface area contributed by atoms with Gasteiger partial charge in [0.2, 0.25) is 0 Å². The maximum atomic E-state index is 12.8. The van der Waals surface area contributed by atoms with Gasteiger partial charge < -0.3 is 19.2 Å². The maximum Gasteiger partial charge on any atom is 0.410 e. The van der Waals surface area contributed by atoms with Crippen LogP contribution in [0.1, 0.15) is 41.5 Å². The molecule has 3 rings (SSSR count). The Morgan fingerprint density at radius 2 is 1.47 bits per heavy atom. The number of rotatable bonds is 6. The van der Waals surface area contributed by atoms with Gasteiger partial charge in [-0.05, 0) is 36.2 Å². The molecule has 1 heterocycles. The quantitative estimate of drug-likeness (QED) is 0.674. The van der Waals surface area contributed by atoms with E-state index in [0.29, 0.717) is 13.2 Å². The molecule has 0 aromatic heterocycles. The van der Waals surface area contributed by atoms with Gasteiger partial charge in [0.15, 0.2) is 0 Å². The van der Waals surface area contributed by atoms with Crippen LogP contribution in [-0.2, 0) is 9.16 Å². The van der Waals surface area contributed by atoms with Crippen molar-refractivity contribution in [2.24, 2.45) is 5.92 Å². The van der Waals surface area contributed by atoms with Gasteiger partial charge >= 0.3 is 6.09 Å². The van der Waals surface area contributed by atoms with Crippen molar-refractivity contribution in [3.05, 3.63) is 60.7 Å². The molecular weight excluding hydrogens is 418 g/mol. The largest absolute Gasteiger partial charge is 0.444 e. The number of aliphatic hydroxyl groups excluding tert-OH is 1. The van der Waals surface area contributed by atoms with E-state index in [4.69, 9.17) is 9.16 Å². The molecule has 2 aromatic carbocycles. The van der Waals surface area contributed by atoms with Crippen LogP contribution >= 0.6 is 0 Å². The van der Waals surface area contributed by atoms with E-state index in [1.54, 1.807) is 4.90 Å². The predicted octanol–water partition coefficient (Wildman–Crippen LogP) is 3.79. The highest BCUT2D eigenvalue weighted by Gasteiger charge is 2.52. The Hall–Kier alpha value is -2.15. The molecule has 1 amide bonds. The molecule has 1 N–H and O–H groups in total. The van der Waals surface area contributed by atoms with Crippen LogP contribution in [0.15, 0.2) is 60.7 Å². The molecule has 0 spiro atoms. The number of hydrogen-bond acceptors (Lipinski definition) is 4. The monoisotopic (exact) mass is 455 g/mol. The van der Waals surface area contributed by atoms with Crippen molar-refractivity contribution in [1.82, 2.24) is 4.90 Å². The van der Waals surface area contributed by atoms with Crippen LogP contribution in [-0.4, -0.2) is 55.8 Å². The molecule has 2 atom stereocenters. The van der Waals surface area contributed by atoms with Crippen LogP contribution < -0.4 is 10.4 Å². The van der Waals surface area contributed by atoms with Gasteiger partial charge in [0, 0.05) is 19.1 Å². The van der Waals surface area contributed by atoms with Gasteiger partial charge in [-0.25, -0.2) is 4.79 Å². The number of carbonyl (C=O) groups excluding carboxylic acids is 1. The van der Waals surface area contributed by atoms with Crippen molar-refractivity contribution < 1.29 is 19.1 Å². The fourth-order valence-corrected chi connectivity index (χ4v) is 9.11. The summed E-state index contributed by atoms with van der Waals surface area (Å²) in [5.74, 6) is -0.0132. The van der Waals surface area contributed by atoms with Gasteiger partial charge in [-0.2, -0.15) is 0 Å². The molecule has 6 heteroatoms. The maximum absolute atomic E-state index is 12.8. The van der Waals surface area contributed by atoms with E-state index in [9.17, 15) is 9.90 Å². The standard InChI is InChI=1S/C26H37NO4Si/c1-25(2,3)31-24(29)27-17-20(18-28)23(27)19-30-32(26(4,5)6,21-13-9-7-10-14-21)22-15-11-8-12-16-22/h7-16,20,23,28H,17-19H2,1-6H3/t20-,23+/m0/s1. The van der Waals surface area contributed by atoms with Crippen molar-refractivity contribution in [2.45, 2.75) is 58.2 Å². The van der Waals surface area contributed by atoms with E-state index in [0.717, 1.165) is 0 Å². The minimum atomic E-state index is -2.71. The molecule has 1 aliphatic rings. The number of aliphatic hydroxyl groups is 1. The lowest BCUT2D eigenvalue weighted by Crippen LogP contribution is -2.69. The molecule has 0 aliphatic carbocycles. The summed E-state index contributed by atoms with van der Waals surface area (Å²) in [6, 6.07) is 20.7. The zero-order valence-corrected chi connectivity index (χ0v) is 21.2. The van der Waals surface area contributed by atoms with Gasteiger partial charge in [-0.15, -0.1) is 0 Å². The van der Waals surface area contributed by atoms with E-state index in [-0.39, 0.29) is 29.7 Å². The van der Waals surface area contributed by atoms with E-state index in [1.165, 1.54) is 10.4 Å². The third kappa shape index (κ3) is 4.92. The highest BCUT2D eigenvalue weighted by Crippen LogP contribution is 2.38. The summed E-state index contributed by atoms with van der Waals surface area (Å²) in [6.45, 7) is 13.2. The molecule has 0 bridgehead atoms. The Morgan fingerprint density at radius 3 is 1.88 bits per heavy atom. The van der Waals surface area contributed by atoms with Crippen LogP contribution in [0.2, 0.25) is 5.04 Å². The second-order valence-corrected chi connectivity index (χ2v) is 14.9. The fourth-order valence-electron chi connectivity index (χ4n) is 4.53. The zero-order valence-electron chi connectivity index (χ0n) is 20.2. The van der Waals surface area contributed by atoms with Crippen LogP contribution in [0, 0.1) is 5.92 Å². The second-order valence-electron chi connectivity index (χ2n) is 10.6. The summed E-state index contributed by atoms with van der Waals surface area (Å²) < 4.78 is 12.6. The molecule has 2 aromatic rings. The summed E-state index contributed by atoms with van der Waals surface area (Å²) in [5.41, 5.74) is -0.565. The predicted molar refractivity (Wildman–Crippen MR) is 131 cm³/mol. The molecule has 0 saturated carbocycles. The van der Waals surface area contributed by atoms with Gasteiger partial charge in [0.1, 0.15) is 5.60 Å². The normalized spacial score (nSPS) is 19.4. The Kier molecular flexibility index (Phi) is 7.17. The Labute approximate surface area is 193 Å². The molecular formula is C26H37NO4Si. The fraction of sp³-hybridized carbons (Fsp3) is 0.500. The van der Waals surface area contributed by atoms with Crippen molar-refractivity contribution >= 4 is 24.8 Å². The number of hydrogen-bond donors (Lipinski definition) is 1. The van der Waals surface area contributed by atoms with E-state index in [2.05, 4.69) is 69.3 Å². The lowest BCUT2D eigenvalue weighted by molar-refractivity contribution is -0.0566. The molecule has 1 aliphatic heterocycles.